The number of carbonyl (C=O) groups is 2. The average molecular weight is 338 g/mol. The molecular weight excluding hydrogens is 316 g/mol. The number of nitrogens with zero attached hydrogens (tertiary/aromatic N) is 1. The predicted octanol–water partition coefficient (Wildman–Crippen LogP) is 2.99. The van der Waals surface area contributed by atoms with E-state index in [4.69, 9.17) is 4.74 Å². The standard InChI is InChI=1S/C20H22N2O3/c1-14-9-10-18-17(13-14)19(21-15(2)23)20(24)22(18)11-6-12-25-16-7-4-3-5-8-16/h3-5,7-10,13,19H,6,11-12H2,1-2H3,(H,21,23)/t19-/m0/s1. The van der Waals surface area contributed by atoms with E-state index in [1.165, 1.54) is 6.92 Å². The first-order valence-electron chi connectivity index (χ1n) is 8.43. The second kappa shape index (κ2) is 7.38. The molecule has 2 aromatic carbocycles. The number of carbonyl (C=O) groups excluding carboxylic acids is 2. The molecule has 0 aliphatic carbocycles. The van der Waals surface area contributed by atoms with Crippen LogP contribution in [0.15, 0.2) is 48.5 Å². The van der Waals surface area contributed by atoms with Crippen LogP contribution < -0.4 is 15.0 Å². The number of rotatable bonds is 6. The Kier molecular flexibility index (Phi) is 5.03. The summed E-state index contributed by atoms with van der Waals surface area (Å²) in [4.78, 5) is 25.9. The molecule has 130 valence electrons. The van der Waals surface area contributed by atoms with Gasteiger partial charge in [0.25, 0.3) is 5.91 Å². The van der Waals surface area contributed by atoms with Crippen LogP contribution in [0.25, 0.3) is 0 Å². The zero-order valence-electron chi connectivity index (χ0n) is 14.5. The fraction of sp³-hybridized carbons (Fsp3) is 0.300. The van der Waals surface area contributed by atoms with Crippen molar-refractivity contribution in [2.45, 2.75) is 26.3 Å². The summed E-state index contributed by atoms with van der Waals surface area (Å²) in [6.45, 7) is 4.49. The van der Waals surface area contributed by atoms with Crippen LogP contribution in [-0.2, 0) is 9.59 Å². The fourth-order valence-electron chi connectivity index (χ4n) is 3.06. The van der Waals surface area contributed by atoms with Gasteiger partial charge in [-0.25, -0.2) is 0 Å². The molecule has 3 rings (SSSR count). The van der Waals surface area contributed by atoms with Gasteiger partial charge in [0, 0.05) is 24.7 Å². The fourth-order valence-corrected chi connectivity index (χ4v) is 3.06. The molecule has 2 aromatic rings. The molecule has 0 saturated heterocycles. The van der Waals surface area contributed by atoms with Gasteiger partial charge < -0.3 is 15.0 Å². The number of anilines is 1. The van der Waals surface area contributed by atoms with Gasteiger partial charge in [-0.15, -0.1) is 0 Å². The summed E-state index contributed by atoms with van der Waals surface area (Å²) in [6.07, 6.45) is 0.709. The first-order chi connectivity index (χ1) is 12.1. The maximum Gasteiger partial charge on any atom is 0.254 e. The van der Waals surface area contributed by atoms with Crippen molar-refractivity contribution >= 4 is 17.5 Å². The van der Waals surface area contributed by atoms with E-state index in [2.05, 4.69) is 5.32 Å². The summed E-state index contributed by atoms with van der Waals surface area (Å²) in [7, 11) is 0. The number of ether oxygens (including phenoxy) is 1. The highest BCUT2D eigenvalue weighted by atomic mass is 16.5. The number of hydrogen-bond donors (Lipinski definition) is 1. The SMILES string of the molecule is CC(=O)N[C@@H]1C(=O)N(CCCOc2ccccc2)c2ccc(C)cc21. The van der Waals surface area contributed by atoms with Crippen molar-refractivity contribution in [2.24, 2.45) is 0 Å². The minimum absolute atomic E-state index is 0.0875. The Morgan fingerprint density at radius 1 is 1.20 bits per heavy atom. The van der Waals surface area contributed by atoms with Crippen molar-refractivity contribution in [1.82, 2.24) is 5.32 Å². The molecule has 1 aliphatic rings. The summed E-state index contributed by atoms with van der Waals surface area (Å²) in [6, 6.07) is 14.9. The second-order valence-electron chi connectivity index (χ2n) is 6.20. The molecule has 1 heterocycles. The Morgan fingerprint density at radius 3 is 2.68 bits per heavy atom. The normalized spacial score (nSPS) is 15.8. The van der Waals surface area contributed by atoms with E-state index in [9.17, 15) is 9.59 Å². The van der Waals surface area contributed by atoms with Gasteiger partial charge in [0.15, 0.2) is 0 Å². The molecule has 0 bridgehead atoms. The predicted molar refractivity (Wildman–Crippen MR) is 96.6 cm³/mol. The number of amides is 2. The summed E-state index contributed by atoms with van der Waals surface area (Å²) in [5.74, 6) is 0.526. The van der Waals surface area contributed by atoms with Crippen LogP contribution >= 0.6 is 0 Å². The van der Waals surface area contributed by atoms with Crippen molar-refractivity contribution in [1.29, 1.82) is 0 Å². The van der Waals surface area contributed by atoms with Crippen molar-refractivity contribution in [3.05, 3.63) is 59.7 Å². The molecule has 2 amide bonds. The molecular formula is C20H22N2O3. The molecule has 25 heavy (non-hydrogen) atoms. The smallest absolute Gasteiger partial charge is 0.254 e. The first kappa shape index (κ1) is 17.0. The van der Waals surface area contributed by atoms with Gasteiger partial charge in [-0.05, 0) is 31.5 Å². The van der Waals surface area contributed by atoms with Gasteiger partial charge >= 0.3 is 0 Å². The zero-order chi connectivity index (χ0) is 17.8. The van der Waals surface area contributed by atoms with Crippen molar-refractivity contribution in [2.75, 3.05) is 18.1 Å². The van der Waals surface area contributed by atoms with Gasteiger partial charge in [0.1, 0.15) is 11.8 Å². The molecule has 0 fully saturated rings. The van der Waals surface area contributed by atoms with Crippen LogP contribution in [0.3, 0.4) is 0 Å². The molecule has 0 radical (unpaired) electrons. The largest absolute Gasteiger partial charge is 0.494 e. The average Bonchev–Trinajstić information content (AvgIpc) is 2.84. The molecule has 0 unspecified atom stereocenters. The van der Waals surface area contributed by atoms with E-state index in [0.717, 1.165) is 22.6 Å². The maximum atomic E-state index is 12.7. The van der Waals surface area contributed by atoms with Crippen LogP contribution in [0.2, 0.25) is 0 Å². The number of fused-ring (bicyclic) bond motifs is 1. The van der Waals surface area contributed by atoms with E-state index in [0.29, 0.717) is 19.6 Å². The number of hydrogen-bond acceptors (Lipinski definition) is 3. The lowest BCUT2D eigenvalue weighted by atomic mass is 10.1. The van der Waals surface area contributed by atoms with Crippen molar-refractivity contribution in [3.63, 3.8) is 0 Å². The molecule has 5 heteroatoms. The van der Waals surface area contributed by atoms with E-state index < -0.39 is 6.04 Å². The third-order valence-electron chi connectivity index (χ3n) is 4.18. The van der Waals surface area contributed by atoms with Gasteiger partial charge in [-0.1, -0.05) is 35.9 Å². The van der Waals surface area contributed by atoms with E-state index in [1.54, 1.807) is 4.90 Å². The Morgan fingerprint density at radius 2 is 1.96 bits per heavy atom. The van der Waals surface area contributed by atoms with Crippen molar-refractivity contribution < 1.29 is 14.3 Å². The lowest BCUT2D eigenvalue weighted by molar-refractivity contribution is -0.126. The molecule has 0 spiro atoms. The van der Waals surface area contributed by atoms with E-state index in [-0.39, 0.29) is 11.8 Å². The summed E-state index contributed by atoms with van der Waals surface area (Å²) >= 11 is 0. The summed E-state index contributed by atoms with van der Waals surface area (Å²) in [5, 5.41) is 2.76. The van der Waals surface area contributed by atoms with Crippen LogP contribution in [0.5, 0.6) is 5.75 Å². The van der Waals surface area contributed by atoms with E-state index >= 15 is 0 Å². The molecule has 1 N–H and O–H groups in total. The molecule has 0 saturated carbocycles. The quantitative estimate of drug-likeness (QED) is 0.824. The Bertz CT molecular complexity index is 774. The number of nitrogens with one attached hydrogen (secondary N) is 1. The lowest BCUT2D eigenvalue weighted by Crippen LogP contribution is -2.37. The number of benzene rings is 2. The van der Waals surface area contributed by atoms with Gasteiger partial charge in [-0.2, -0.15) is 0 Å². The third kappa shape index (κ3) is 3.82. The summed E-state index contributed by atoms with van der Waals surface area (Å²) in [5.41, 5.74) is 2.80. The Hall–Kier alpha value is -2.82. The first-order valence-corrected chi connectivity index (χ1v) is 8.43. The maximum absolute atomic E-state index is 12.7. The van der Waals surface area contributed by atoms with Crippen LogP contribution in [0.1, 0.15) is 30.5 Å². The van der Waals surface area contributed by atoms with Gasteiger partial charge in [0.05, 0.1) is 6.61 Å². The van der Waals surface area contributed by atoms with Gasteiger partial charge in [-0.3, -0.25) is 9.59 Å². The second-order valence-corrected chi connectivity index (χ2v) is 6.20. The molecule has 5 nitrogen and oxygen atoms in total. The van der Waals surface area contributed by atoms with Gasteiger partial charge in [0.2, 0.25) is 5.91 Å². The Balaban J connectivity index is 1.67. The summed E-state index contributed by atoms with van der Waals surface area (Å²) < 4.78 is 5.69. The number of aryl methyl sites for hydroxylation is 1. The monoisotopic (exact) mass is 338 g/mol. The lowest BCUT2D eigenvalue weighted by Gasteiger charge is -2.18. The van der Waals surface area contributed by atoms with Crippen LogP contribution in [-0.4, -0.2) is 25.0 Å². The molecule has 0 aromatic heterocycles. The zero-order valence-corrected chi connectivity index (χ0v) is 14.5. The Labute approximate surface area is 147 Å². The third-order valence-corrected chi connectivity index (χ3v) is 4.18. The molecule has 1 aliphatic heterocycles. The van der Waals surface area contributed by atoms with Crippen LogP contribution in [0.4, 0.5) is 5.69 Å². The van der Waals surface area contributed by atoms with Crippen LogP contribution in [0, 0.1) is 6.92 Å². The highest BCUT2D eigenvalue weighted by molar-refractivity contribution is 6.06. The number of para-hydroxylation sites is 1. The highest BCUT2D eigenvalue weighted by Crippen LogP contribution is 2.36. The minimum atomic E-state index is -0.595. The van der Waals surface area contributed by atoms with E-state index in [1.807, 2.05) is 55.5 Å². The topological polar surface area (TPSA) is 58.6 Å². The van der Waals surface area contributed by atoms with Crippen molar-refractivity contribution in [3.8, 4) is 5.75 Å². The highest BCUT2D eigenvalue weighted by Gasteiger charge is 2.37. The molecule has 1 atom stereocenters. The minimum Gasteiger partial charge on any atom is -0.494 e.